The second-order valence-electron chi connectivity index (χ2n) is 9.31. The van der Waals surface area contributed by atoms with Gasteiger partial charge in [0.15, 0.2) is 5.75 Å². The molecule has 0 unspecified atom stereocenters. The molecular formula is C30H29N3O5. The van der Waals surface area contributed by atoms with Crippen molar-refractivity contribution in [1.82, 2.24) is 9.78 Å². The molecule has 5 rings (SSSR count). The maximum atomic E-state index is 13.0. The largest absolute Gasteiger partial charge is 0.489 e. The van der Waals surface area contributed by atoms with Crippen LogP contribution >= 0.6 is 0 Å². The number of ether oxygens (including phenoxy) is 2. The SMILES string of the molecule is Cc1cccc(CCOC(=O)N2CCOc3c(-c4cnn(Cc5ccc(C(=O)O)cc5)c4)cccc32)c1C. The summed E-state index contributed by atoms with van der Waals surface area (Å²) in [5, 5.41) is 13.6. The summed E-state index contributed by atoms with van der Waals surface area (Å²) in [6.45, 7) is 5.73. The van der Waals surface area contributed by atoms with Gasteiger partial charge in [0.1, 0.15) is 6.61 Å². The number of hydrogen-bond acceptors (Lipinski definition) is 5. The lowest BCUT2D eigenvalue weighted by atomic mass is 10.0. The Bertz CT molecular complexity index is 1480. The number of aromatic carboxylic acids is 1. The van der Waals surface area contributed by atoms with Gasteiger partial charge in [-0.3, -0.25) is 9.58 Å². The Morgan fingerprint density at radius 2 is 1.84 bits per heavy atom. The number of amides is 1. The zero-order valence-electron chi connectivity index (χ0n) is 21.4. The number of rotatable bonds is 7. The van der Waals surface area contributed by atoms with Crippen LogP contribution in [0, 0.1) is 13.8 Å². The second kappa shape index (κ2) is 10.8. The number of hydrogen-bond donors (Lipinski definition) is 1. The molecule has 0 saturated heterocycles. The van der Waals surface area contributed by atoms with Crippen LogP contribution in [0.25, 0.3) is 11.1 Å². The number of fused-ring (bicyclic) bond motifs is 1. The van der Waals surface area contributed by atoms with Crippen LogP contribution in [-0.2, 0) is 17.7 Å². The van der Waals surface area contributed by atoms with Gasteiger partial charge in [0.25, 0.3) is 0 Å². The molecule has 1 aliphatic heterocycles. The lowest BCUT2D eigenvalue weighted by Crippen LogP contribution is -2.38. The number of carbonyl (C=O) groups is 2. The Labute approximate surface area is 221 Å². The summed E-state index contributed by atoms with van der Waals surface area (Å²) in [6, 6.07) is 18.6. The standard InChI is InChI=1S/C30H29N3O5/c1-20-5-3-6-23(21(20)2)13-15-38-30(36)33-14-16-37-28-26(7-4-8-27(28)33)25-17-31-32(19-25)18-22-9-11-24(12-10-22)29(34)35/h3-12,17,19H,13-16,18H2,1-2H3,(H,34,35). The Balaban J connectivity index is 1.29. The van der Waals surface area contributed by atoms with E-state index in [1.165, 1.54) is 16.7 Å². The first-order valence-corrected chi connectivity index (χ1v) is 12.5. The van der Waals surface area contributed by atoms with Crippen molar-refractivity contribution < 1.29 is 24.2 Å². The fourth-order valence-electron chi connectivity index (χ4n) is 4.60. The Morgan fingerprint density at radius 1 is 1.05 bits per heavy atom. The predicted octanol–water partition coefficient (Wildman–Crippen LogP) is 5.49. The highest BCUT2D eigenvalue weighted by Gasteiger charge is 2.27. The molecule has 8 heteroatoms. The van der Waals surface area contributed by atoms with Crippen molar-refractivity contribution in [2.75, 3.05) is 24.7 Å². The molecular weight excluding hydrogens is 482 g/mol. The van der Waals surface area contributed by atoms with Gasteiger partial charge in [0, 0.05) is 23.7 Å². The van der Waals surface area contributed by atoms with E-state index in [1.54, 1.807) is 40.0 Å². The van der Waals surface area contributed by atoms with E-state index in [9.17, 15) is 9.59 Å². The maximum absolute atomic E-state index is 13.0. The van der Waals surface area contributed by atoms with Crippen LogP contribution in [0.1, 0.15) is 32.6 Å². The molecule has 3 aromatic carbocycles. The van der Waals surface area contributed by atoms with Crippen LogP contribution in [-0.4, -0.2) is 46.7 Å². The zero-order chi connectivity index (χ0) is 26.6. The monoisotopic (exact) mass is 511 g/mol. The first kappa shape index (κ1) is 25.1. The van der Waals surface area contributed by atoms with Crippen molar-refractivity contribution >= 4 is 17.7 Å². The average molecular weight is 512 g/mol. The molecule has 0 saturated carbocycles. The summed E-state index contributed by atoms with van der Waals surface area (Å²) < 4.78 is 13.5. The van der Waals surface area contributed by atoms with Gasteiger partial charge in [-0.15, -0.1) is 0 Å². The number of benzene rings is 3. The highest BCUT2D eigenvalue weighted by Crippen LogP contribution is 2.40. The minimum Gasteiger partial charge on any atom is -0.489 e. The van der Waals surface area contributed by atoms with Gasteiger partial charge in [0.2, 0.25) is 0 Å². The zero-order valence-corrected chi connectivity index (χ0v) is 21.4. The Morgan fingerprint density at radius 3 is 2.63 bits per heavy atom. The number of carboxylic acids is 1. The first-order valence-electron chi connectivity index (χ1n) is 12.5. The van der Waals surface area contributed by atoms with Gasteiger partial charge in [-0.2, -0.15) is 5.10 Å². The van der Waals surface area contributed by atoms with Crippen LogP contribution in [0.5, 0.6) is 5.75 Å². The molecule has 4 aromatic rings. The molecule has 0 spiro atoms. The van der Waals surface area contributed by atoms with Crippen molar-refractivity contribution in [2.24, 2.45) is 0 Å². The predicted molar refractivity (Wildman–Crippen MR) is 144 cm³/mol. The minimum atomic E-state index is -0.953. The number of aryl methyl sites for hydroxylation is 1. The van der Waals surface area contributed by atoms with E-state index < -0.39 is 12.1 Å². The first-order chi connectivity index (χ1) is 18.4. The van der Waals surface area contributed by atoms with Gasteiger partial charge in [0.05, 0.1) is 37.1 Å². The molecule has 0 aliphatic carbocycles. The molecule has 0 bridgehead atoms. The maximum Gasteiger partial charge on any atom is 0.414 e. The highest BCUT2D eigenvalue weighted by molar-refractivity contribution is 5.93. The van der Waals surface area contributed by atoms with Crippen molar-refractivity contribution in [3.05, 3.63) is 101 Å². The highest BCUT2D eigenvalue weighted by atomic mass is 16.6. The average Bonchev–Trinajstić information content (AvgIpc) is 3.38. The number of anilines is 1. The van der Waals surface area contributed by atoms with E-state index in [1.807, 2.05) is 30.5 Å². The van der Waals surface area contributed by atoms with Gasteiger partial charge in [-0.25, -0.2) is 9.59 Å². The molecule has 38 heavy (non-hydrogen) atoms. The van der Waals surface area contributed by atoms with Crippen LogP contribution in [0.4, 0.5) is 10.5 Å². The summed E-state index contributed by atoms with van der Waals surface area (Å²) in [7, 11) is 0. The number of carboxylic acid groups (broad SMARTS) is 1. The minimum absolute atomic E-state index is 0.247. The smallest absolute Gasteiger partial charge is 0.414 e. The molecule has 1 N–H and O–H groups in total. The summed E-state index contributed by atoms with van der Waals surface area (Å²) in [5.41, 5.74) is 7.17. The topological polar surface area (TPSA) is 93.9 Å². The summed E-state index contributed by atoms with van der Waals surface area (Å²) >= 11 is 0. The van der Waals surface area contributed by atoms with Crippen molar-refractivity contribution in [1.29, 1.82) is 0 Å². The Hall–Kier alpha value is -4.59. The molecule has 1 aromatic heterocycles. The third kappa shape index (κ3) is 5.25. The molecule has 1 amide bonds. The van der Waals surface area contributed by atoms with Crippen LogP contribution in [0.2, 0.25) is 0 Å². The molecule has 0 fully saturated rings. The van der Waals surface area contributed by atoms with Crippen molar-refractivity contribution in [3.63, 3.8) is 0 Å². The van der Waals surface area contributed by atoms with Gasteiger partial charge in [-0.05, 0) is 54.3 Å². The van der Waals surface area contributed by atoms with E-state index in [-0.39, 0.29) is 5.56 Å². The quantitative estimate of drug-likeness (QED) is 0.353. The fourth-order valence-corrected chi connectivity index (χ4v) is 4.60. The normalized spacial score (nSPS) is 12.5. The molecule has 2 heterocycles. The van der Waals surface area contributed by atoms with Gasteiger partial charge >= 0.3 is 12.1 Å². The molecule has 194 valence electrons. The lowest BCUT2D eigenvalue weighted by molar-refractivity contribution is 0.0696. The molecule has 0 atom stereocenters. The molecule has 0 radical (unpaired) electrons. The van der Waals surface area contributed by atoms with Crippen LogP contribution < -0.4 is 9.64 Å². The Kier molecular flexibility index (Phi) is 7.13. The second-order valence-corrected chi connectivity index (χ2v) is 9.31. The van der Waals surface area contributed by atoms with E-state index >= 15 is 0 Å². The van der Waals surface area contributed by atoms with Gasteiger partial charge < -0.3 is 14.6 Å². The fraction of sp³-hybridized carbons (Fsp3) is 0.233. The van der Waals surface area contributed by atoms with Crippen molar-refractivity contribution in [3.8, 4) is 16.9 Å². The van der Waals surface area contributed by atoms with Gasteiger partial charge in [-0.1, -0.05) is 42.5 Å². The number of carbonyl (C=O) groups excluding carboxylic acids is 1. The summed E-state index contributed by atoms with van der Waals surface area (Å²) in [4.78, 5) is 25.7. The summed E-state index contributed by atoms with van der Waals surface area (Å²) in [5.74, 6) is -0.332. The third-order valence-corrected chi connectivity index (χ3v) is 6.87. The molecule has 1 aliphatic rings. The number of para-hydroxylation sites is 1. The summed E-state index contributed by atoms with van der Waals surface area (Å²) in [6.07, 6.45) is 3.93. The van der Waals surface area contributed by atoms with Crippen LogP contribution in [0.15, 0.2) is 73.1 Å². The molecule has 8 nitrogen and oxygen atoms in total. The van der Waals surface area contributed by atoms with Crippen LogP contribution in [0.3, 0.4) is 0 Å². The van der Waals surface area contributed by atoms with E-state index in [0.29, 0.717) is 44.2 Å². The van der Waals surface area contributed by atoms with E-state index in [0.717, 1.165) is 16.7 Å². The lowest BCUT2D eigenvalue weighted by Gasteiger charge is -2.30. The van der Waals surface area contributed by atoms with E-state index in [2.05, 4.69) is 31.1 Å². The number of aromatic nitrogens is 2. The third-order valence-electron chi connectivity index (χ3n) is 6.87. The van der Waals surface area contributed by atoms with Crippen molar-refractivity contribution in [2.45, 2.75) is 26.8 Å². The number of nitrogens with zero attached hydrogens (tertiary/aromatic N) is 3. The van der Waals surface area contributed by atoms with E-state index in [4.69, 9.17) is 14.6 Å².